The summed E-state index contributed by atoms with van der Waals surface area (Å²) in [6.07, 6.45) is 0.143. The summed E-state index contributed by atoms with van der Waals surface area (Å²) in [5.74, 6) is 0.737. The molecule has 15 heavy (non-hydrogen) atoms. The van der Waals surface area contributed by atoms with Crippen molar-refractivity contribution in [3.05, 3.63) is 0 Å². The number of nitrogens with zero attached hydrogens (tertiary/aromatic N) is 3. The van der Waals surface area contributed by atoms with Gasteiger partial charge in [0.15, 0.2) is 12.0 Å². The molecule has 0 aromatic heterocycles. The molecule has 0 spiro atoms. The second kappa shape index (κ2) is 3.86. The summed E-state index contributed by atoms with van der Waals surface area (Å²) in [6.45, 7) is 0.510. The van der Waals surface area contributed by atoms with Crippen LogP contribution in [0.4, 0.5) is 0 Å². The maximum Gasteiger partial charge on any atom is 0.378 e. The number of ether oxygens (including phenoxy) is 3. The van der Waals surface area contributed by atoms with Crippen LogP contribution in [0.5, 0.6) is 0 Å². The smallest absolute Gasteiger partial charge is 0.312 e. The monoisotopic (exact) mass is 214 g/mol. The van der Waals surface area contributed by atoms with Gasteiger partial charge in [-0.3, -0.25) is 10.2 Å². The predicted octanol–water partition coefficient (Wildman–Crippen LogP) is -0.834. The molecule has 0 aromatic carbocycles. The van der Waals surface area contributed by atoms with Crippen LogP contribution in [0.3, 0.4) is 0 Å². The molecule has 0 bridgehead atoms. The number of fused-ring (bicyclic) bond motifs is 1. The third kappa shape index (κ3) is 1.44. The van der Waals surface area contributed by atoms with Crippen molar-refractivity contribution in [2.75, 3.05) is 28.0 Å². The van der Waals surface area contributed by atoms with Crippen molar-refractivity contribution < 1.29 is 14.2 Å². The van der Waals surface area contributed by atoms with E-state index in [-0.39, 0.29) is 6.17 Å². The summed E-state index contributed by atoms with van der Waals surface area (Å²) >= 11 is 0. The molecule has 2 rings (SSSR count). The zero-order valence-corrected chi connectivity index (χ0v) is 8.93. The van der Waals surface area contributed by atoms with E-state index in [2.05, 4.69) is 15.3 Å². The Bertz CT molecular complexity index is 292. The lowest BCUT2D eigenvalue weighted by Crippen LogP contribution is -2.54. The fraction of sp³-hybridized carbons (Fsp3) is 0.750. The van der Waals surface area contributed by atoms with Gasteiger partial charge in [0, 0.05) is 21.3 Å². The molecule has 1 saturated heterocycles. The Balaban J connectivity index is 2.23. The van der Waals surface area contributed by atoms with Gasteiger partial charge in [-0.1, -0.05) is 0 Å². The largest absolute Gasteiger partial charge is 0.378 e. The molecule has 0 amide bonds. The zero-order chi connectivity index (χ0) is 10.9. The van der Waals surface area contributed by atoms with Gasteiger partial charge in [0.1, 0.15) is 6.34 Å². The first-order valence-electron chi connectivity index (χ1n) is 4.53. The van der Waals surface area contributed by atoms with Crippen LogP contribution in [-0.4, -0.2) is 57.3 Å². The molecule has 1 atom stereocenters. The number of hydrogen-bond donors (Lipinski definition) is 1. The fourth-order valence-electron chi connectivity index (χ4n) is 1.73. The van der Waals surface area contributed by atoms with E-state index in [1.54, 1.807) is 4.90 Å². The summed E-state index contributed by atoms with van der Waals surface area (Å²) in [6, 6.07) is 0. The number of hydrogen-bond acceptors (Lipinski definition) is 7. The van der Waals surface area contributed by atoms with E-state index < -0.39 is 6.10 Å². The predicted molar refractivity (Wildman–Crippen MR) is 53.3 cm³/mol. The minimum atomic E-state index is -1.24. The third-order valence-corrected chi connectivity index (χ3v) is 2.47. The van der Waals surface area contributed by atoms with E-state index in [9.17, 15) is 0 Å². The highest BCUT2D eigenvalue weighted by Gasteiger charge is 2.46. The van der Waals surface area contributed by atoms with Crippen LogP contribution >= 0.6 is 0 Å². The summed E-state index contributed by atoms with van der Waals surface area (Å²) in [5, 5.41) is 3.13. The van der Waals surface area contributed by atoms with E-state index in [4.69, 9.17) is 14.2 Å². The van der Waals surface area contributed by atoms with Gasteiger partial charge in [-0.25, -0.2) is 9.98 Å². The third-order valence-electron chi connectivity index (χ3n) is 2.47. The number of aliphatic imine (C=N–C) groups is 2. The molecule has 1 unspecified atom stereocenters. The van der Waals surface area contributed by atoms with Crippen molar-refractivity contribution in [2.24, 2.45) is 9.98 Å². The van der Waals surface area contributed by atoms with Gasteiger partial charge in [-0.15, -0.1) is 0 Å². The number of amidine groups is 1. The molecular weight excluding hydrogens is 200 g/mol. The highest BCUT2D eigenvalue weighted by Crippen LogP contribution is 2.24. The van der Waals surface area contributed by atoms with Crippen molar-refractivity contribution >= 4 is 12.2 Å². The Morgan fingerprint density at radius 3 is 2.67 bits per heavy atom. The molecule has 84 valence electrons. The Kier molecular flexibility index (Phi) is 2.70. The van der Waals surface area contributed by atoms with Crippen LogP contribution in [0.15, 0.2) is 9.98 Å². The quantitative estimate of drug-likeness (QED) is 0.618. The maximum atomic E-state index is 5.23. The SMILES string of the molecule is COC(OC)(OC)N1CNC2N=CN=C21. The van der Waals surface area contributed by atoms with Crippen molar-refractivity contribution in [3.8, 4) is 0 Å². The number of rotatable bonds is 4. The normalized spacial score (nSPS) is 24.6. The van der Waals surface area contributed by atoms with Crippen LogP contribution in [-0.2, 0) is 14.2 Å². The van der Waals surface area contributed by atoms with Crippen molar-refractivity contribution in [3.63, 3.8) is 0 Å². The Morgan fingerprint density at radius 2 is 2.07 bits per heavy atom. The molecule has 2 aliphatic heterocycles. The van der Waals surface area contributed by atoms with Gasteiger partial charge in [0.05, 0.1) is 6.67 Å². The van der Waals surface area contributed by atoms with Crippen molar-refractivity contribution in [1.82, 2.24) is 10.2 Å². The molecule has 0 radical (unpaired) electrons. The van der Waals surface area contributed by atoms with E-state index >= 15 is 0 Å². The van der Waals surface area contributed by atoms with Crippen LogP contribution in [0.2, 0.25) is 0 Å². The first kappa shape index (κ1) is 10.5. The maximum absolute atomic E-state index is 5.23. The first-order chi connectivity index (χ1) is 7.27. The van der Waals surface area contributed by atoms with Crippen molar-refractivity contribution in [2.45, 2.75) is 12.3 Å². The molecule has 7 nitrogen and oxygen atoms in total. The lowest BCUT2D eigenvalue weighted by molar-refractivity contribution is -0.407. The summed E-state index contributed by atoms with van der Waals surface area (Å²) in [5.41, 5.74) is 0. The molecule has 7 heteroatoms. The summed E-state index contributed by atoms with van der Waals surface area (Å²) in [7, 11) is 4.53. The van der Waals surface area contributed by atoms with Crippen molar-refractivity contribution in [1.29, 1.82) is 0 Å². The summed E-state index contributed by atoms with van der Waals surface area (Å²) < 4.78 is 15.7. The minimum absolute atomic E-state index is 0.121. The zero-order valence-electron chi connectivity index (χ0n) is 8.93. The lowest BCUT2D eigenvalue weighted by Gasteiger charge is -2.36. The van der Waals surface area contributed by atoms with Gasteiger partial charge in [-0.05, 0) is 0 Å². The van der Waals surface area contributed by atoms with E-state index in [1.165, 1.54) is 27.7 Å². The van der Waals surface area contributed by atoms with E-state index in [1.807, 2.05) is 0 Å². The molecule has 2 aliphatic rings. The highest BCUT2D eigenvalue weighted by molar-refractivity contribution is 5.98. The van der Waals surface area contributed by atoms with Gasteiger partial charge in [-0.2, -0.15) is 0 Å². The Hall–Kier alpha value is -1.02. The van der Waals surface area contributed by atoms with E-state index in [0.717, 1.165) is 5.84 Å². The van der Waals surface area contributed by atoms with E-state index in [0.29, 0.717) is 6.67 Å². The van der Waals surface area contributed by atoms with Gasteiger partial charge >= 0.3 is 6.10 Å². The number of methoxy groups -OCH3 is 3. The Labute approximate surface area is 87.7 Å². The number of nitrogens with one attached hydrogen (secondary N) is 1. The Morgan fingerprint density at radius 1 is 1.40 bits per heavy atom. The van der Waals surface area contributed by atoms with Crippen LogP contribution in [0.1, 0.15) is 0 Å². The summed E-state index contributed by atoms with van der Waals surface area (Å²) in [4.78, 5) is 9.99. The van der Waals surface area contributed by atoms with Crippen LogP contribution in [0.25, 0.3) is 0 Å². The molecule has 1 fully saturated rings. The van der Waals surface area contributed by atoms with Gasteiger partial charge < -0.3 is 14.2 Å². The highest BCUT2D eigenvalue weighted by atomic mass is 16.9. The average molecular weight is 214 g/mol. The molecule has 0 aliphatic carbocycles. The second-order valence-corrected chi connectivity index (χ2v) is 3.08. The van der Waals surface area contributed by atoms with Crippen LogP contribution in [0, 0.1) is 0 Å². The fourth-order valence-corrected chi connectivity index (χ4v) is 1.73. The lowest BCUT2D eigenvalue weighted by atomic mass is 10.5. The molecule has 2 heterocycles. The van der Waals surface area contributed by atoms with Crippen LogP contribution < -0.4 is 5.32 Å². The topological polar surface area (TPSA) is 67.7 Å². The molecule has 0 saturated carbocycles. The standard InChI is InChI=1S/C8H14N4O3/c1-13-8(14-2,15-3)12-5-11-6-7(12)10-4-9-6/h4,6,11H,5H2,1-3H3. The first-order valence-corrected chi connectivity index (χ1v) is 4.53. The minimum Gasteiger partial charge on any atom is -0.312 e. The average Bonchev–Trinajstić information content (AvgIpc) is 2.85. The molecular formula is C8H14N4O3. The van der Waals surface area contributed by atoms with Gasteiger partial charge in [0.25, 0.3) is 0 Å². The molecule has 1 N–H and O–H groups in total. The van der Waals surface area contributed by atoms with Gasteiger partial charge in [0.2, 0.25) is 0 Å². The molecule has 0 aromatic rings. The second-order valence-electron chi connectivity index (χ2n) is 3.08.